The van der Waals surface area contributed by atoms with E-state index in [0.29, 0.717) is 22.9 Å². The van der Waals surface area contributed by atoms with Gasteiger partial charge in [-0.1, -0.05) is 101 Å². The fourth-order valence-electron chi connectivity index (χ4n) is 4.60. The van der Waals surface area contributed by atoms with Crippen molar-refractivity contribution in [2.75, 3.05) is 17.8 Å². The number of halogens is 1. The van der Waals surface area contributed by atoms with E-state index in [4.69, 9.17) is 16.3 Å². The Hall–Kier alpha value is -2.11. The highest BCUT2D eigenvalue weighted by atomic mass is 35.5. The molecule has 4 nitrogen and oxygen atoms in total. The molecule has 1 amide bonds. The highest BCUT2D eigenvalue weighted by Gasteiger charge is 2.13. The second-order valence-corrected chi connectivity index (χ2v) is 11.5. The van der Waals surface area contributed by atoms with Gasteiger partial charge in [-0.05, 0) is 54.6 Å². The number of benzene rings is 2. The molecular weight excluding hydrogens is 512 g/mol. The lowest BCUT2D eigenvalue weighted by Gasteiger charge is -2.19. The third-order valence-electron chi connectivity index (χ3n) is 7.02. The van der Waals surface area contributed by atoms with E-state index in [2.05, 4.69) is 41.6 Å². The first-order valence-electron chi connectivity index (χ1n) is 14.4. The molecule has 0 radical (unpaired) electrons. The summed E-state index contributed by atoms with van der Waals surface area (Å²) >= 11 is 8.24. The van der Waals surface area contributed by atoms with Crippen LogP contribution >= 0.6 is 23.4 Å². The second kappa shape index (κ2) is 17.5. The van der Waals surface area contributed by atoms with Crippen molar-refractivity contribution in [2.24, 2.45) is 0 Å². The van der Waals surface area contributed by atoms with Gasteiger partial charge in [0.15, 0.2) is 0 Å². The molecule has 0 bridgehead atoms. The van der Waals surface area contributed by atoms with Crippen LogP contribution < -0.4 is 10.1 Å². The van der Waals surface area contributed by atoms with Gasteiger partial charge in [0.2, 0.25) is 0 Å². The zero-order valence-electron chi connectivity index (χ0n) is 23.3. The number of nitrogens with one attached hydrogen (secondary N) is 1. The van der Waals surface area contributed by atoms with Crippen LogP contribution in [0.25, 0.3) is 0 Å². The molecule has 1 N–H and O–H groups in total. The van der Waals surface area contributed by atoms with Crippen LogP contribution in [0.4, 0.5) is 5.69 Å². The lowest BCUT2D eigenvalue weighted by molar-refractivity contribution is 0.102. The van der Waals surface area contributed by atoms with Gasteiger partial charge in [0.05, 0.1) is 17.5 Å². The summed E-state index contributed by atoms with van der Waals surface area (Å²) < 4.78 is 5.88. The number of anilines is 1. The summed E-state index contributed by atoms with van der Waals surface area (Å²) in [4.78, 5) is 15.1. The molecule has 1 aliphatic heterocycles. The molecular formula is C32H45ClN2O2S. The van der Waals surface area contributed by atoms with Gasteiger partial charge in [-0.25, -0.2) is 0 Å². The molecule has 208 valence electrons. The molecule has 38 heavy (non-hydrogen) atoms. The average molecular weight is 557 g/mol. The summed E-state index contributed by atoms with van der Waals surface area (Å²) in [6, 6.07) is 13.3. The molecule has 2 aromatic carbocycles. The molecule has 1 heterocycles. The Morgan fingerprint density at radius 1 is 0.921 bits per heavy atom. The number of amides is 1. The summed E-state index contributed by atoms with van der Waals surface area (Å²) in [5, 5.41) is 5.62. The minimum absolute atomic E-state index is 0.179. The molecule has 0 atom stereocenters. The standard InChI is InChI=1S/C32H45ClN2O2S/c1-3-4-5-6-7-8-9-10-11-12-13-14-21-37-31-20-17-28(22-30(31)33)32(36)34-29-18-15-27(16-19-29)23-35-25-38-24-26(35)2/h15-20,22,24H,3-14,21,23,25H2,1-2H3,(H,34,36). The van der Waals surface area contributed by atoms with Crippen molar-refractivity contribution < 1.29 is 9.53 Å². The molecule has 6 heteroatoms. The van der Waals surface area contributed by atoms with Crippen molar-refractivity contribution in [2.45, 2.75) is 97.4 Å². The van der Waals surface area contributed by atoms with Crippen LogP contribution in [0.1, 0.15) is 107 Å². The SMILES string of the molecule is CCCCCCCCCCCCCCOc1ccc(C(=O)Nc2ccc(CN3CSC=C3C)cc2)cc1Cl. The van der Waals surface area contributed by atoms with Crippen molar-refractivity contribution in [1.82, 2.24) is 4.90 Å². The molecule has 0 fully saturated rings. The molecule has 0 aromatic heterocycles. The van der Waals surface area contributed by atoms with Gasteiger partial charge in [-0.3, -0.25) is 4.79 Å². The van der Waals surface area contributed by atoms with Crippen LogP contribution in [-0.4, -0.2) is 23.3 Å². The Morgan fingerprint density at radius 3 is 2.13 bits per heavy atom. The average Bonchev–Trinajstić information content (AvgIpc) is 3.32. The lowest BCUT2D eigenvalue weighted by Crippen LogP contribution is -2.17. The van der Waals surface area contributed by atoms with Crippen molar-refractivity contribution in [3.05, 3.63) is 69.7 Å². The van der Waals surface area contributed by atoms with Crippen LogP contribution in [0.3, 0.4) is 0 Å². The number of allylic oxidation sites excluding steroid dienone is 1. The van der Waals surface area contributed by atoms with E-state index in [1.165, 1.54) is 81.9 Å². The highest BCUT2D eigenvalue weighted by molar-refractivity contribution is 8.02. The summed E-state index contributed by atoms with van der Waals surface area (Å²) in [7, 11) is 0. The summed E-state index contributed by atoms with van der Waals surface area (Å²) in [5.41, 5.74) is 3.80. The van der Waals surface area contributed by atoms with E-state index in [9.17, 15) is 4.79 Å². The molecule has 0 unspecified atom stereocenters. The second-order valence-electron chi connectivity index (χ2n) is 10.3. The monoisotopic (exact) mass is 556 g/mol. The van der Waals surface area contributed by atoms with E-state index < -0.39 is 0 Å². The van der Waals surface area contributed by atoms with E-state index in [-0.39, 0.29) is 5.91 Å². The maximum Gasteiger partial charge on any atom is 0.255 e. The van der Waals surface area contributed by atoms with E-state index >= 15 is 0 Å². The number of carbonyl (C=O) groups is 1. The van der Waals surface area contributed by atoms with Gasteiger partial charge in [-0.15, -0.1) is 11.8 Å². The first-order chi connectivity index (χ1) is 18.6. The minimum Gasteiger partial charge on any atom is -0.492 e. The molecule has 0 saturated carbocycles. The number of hydrogen-bond acceptors (Lipinski definition) is 4. The van der Waals surface area contributed by atoms with Gasteiger partial charge in [-0.2, -0.15) is 0 Å². The minimum atomic E-state index is -0.179. The maximum atomic E-state index is 12.7. The first kappa shape index (κ1) is 30.4. The lowest BCUT2D eigenvalue weighted by atomic mass is 10.1. The predicted molar refractivity (Wildman–Crippen MR) is 164 cm³/mol. The Labute approximate surface area is 239 Å². The first-order valence-corrected chi connectivity index (χ1v) is 15.9. The normalized spacial score (nSPS) is 13.0. The zero-order chi connectivity index (χ0) is 27.0. The zero-order valence-corrected chi connectivity index (χ0v) is 24.8. The topological polar surface area (TPSA) is 41.6 Å². The Kier molecular flexibility index (Phi) is 14.0. The number of carbonyl (C=O) groups excluding carboxylic acids is 1. The Bertz CT molecular complexity index is 1010. The molecule has 0 spiro atoms. The quantitative estimate of drug-likeness (QED) is 0.185. The molecule has 0 saturated heterocycles. The maximum absolute atomic E-state index is 12.7. The molecule has 3 rings (SSSR count). The largest absolute Gasteiger partial charge is 0.492 e. The van der Waals surface area contributed by atoms with Crippen molar-refractivity contribution in [3.8, 4) is 5.75 Å². The number of rotatable bonds is 18. The van der Waals surface area contributed by atoms with Gasteiger partial charge in [0.25, 0.3) is 5.91 Å². The van der Waals surface area contributed by atoms with Crippen LogP contribution in [0.2, 0.25) is 5.02 Å². The van der Waals surface area contributed by atoms with Crippen LogP contribution in [0.15, 0.2) is 53.6 Å². The smallest absolute Gasteiger partial charge is 0.255 e. The van der Waals surface area contributed by atoms with E-state index in [0.717, 1.165) is 24.5 Å². The van der Waals surface area contributed by atoms with Crippen LogP contribution in [-0.2, 0) is 6.54 Å². The fraction of sp³-hybridized carbons (Fsp3) is 0.531. The molecule has 1 aliphatic rings. The third-order valence-corrected chi connectivity index (χ3v) is 8.28. The van der Waals surface area contributed by atoms with Crippen LogP contribution in [0, 0.1) is 0 Å². The predicted octanol–water partition coefficient (Wildman–Crippen LogP) is 10.0. The summed E-state index contributed by atoms with van der Waals surface area (Å²) in [6.07, 6.45) is 15.8. The Balaban J connectivity index is 1.30. The number of hydrogen-bond donors (Lipinski definition) is 1. The van der Waals surface area contributed by atoms with Crippen molar-refractivity contribution in [1.29, 1.82) is 0 Å². The Morgan fingerprint density at radius 2 is 1.55 bits per heavy atom. The number of ether oxygens (including phenoxy) is 1. The van der Waals surface area contributed by atoms with Gasteiger partial charge >= 0.3 is 0 Å². The van der Waals surface area contributed by atoms with Gasteiger partial charge < -0.3 is 15.0 Å². The fourth-order valence-corrected chi connectivity index (χ4v) is 5.77. The number of nitrogens with zero attached hydrogens (tertiary/aromatic N) is 1. The van der Waals surface area contributed by atoms with Crippen molar-refractivity contribution in [3.63, 3.8) is 0 Å². The van der Waals surface area contributed by atoms with Crippen molar-refractivity contribution >= 4 is 35.0 Å². The van der Waals surface area contributed by atoms with Gasteiger partial charge in [0, 0.05) is 23.5 Å². The summed E-state index contributed by atoms with van der Waals surface area (Å²) in [5.74, 6) is 1.45. The van der Waals surface area contributed by atoms with Gasteiger partial charge in [0.1, 0.15) is 5.75 Å². The number of unbranched alkanes of at least 4 members (excludes halogenated alkanes) is 11. The van der Waals surface area contributed by atoms with E-state index in [1.807, 2.05) is 23.9 Å². The molecule has 0 aliphatic carbocycles. The highest BCUT2D eigenvalue weighted by Crippen LogP contribution is 2.27. The van der Waals surface area contributed by atoms with E-state index in [1.54, 1.807) is 18.2 Å². The summed E-state index contributed by atoms with van der Waals surface area (Å²) in [6.45, 7) is 5.93. The number of thioether (sulfide) groups is 1. The third kappa shape index (κ3) is 10.9. The van der Waals surface area contributed by atoms with Crippen LogP contribution in [0.5, 0.6) is 5.75 Å². The molecule has 2 aromatic rings.